The molecule has 0 aliphatic carbocycles. The van der Waals surface area contributed by atoms with Gasteiger partial charge < -0.3 is 10.2 Å². The molecule has 2 rings (SSSR count). The second kappa shape index (κ2) is 6.75. The third-order valence-electron chi connectivity index (χ3n) is 3.37. The minimum atomic E-state index is -0.105. The van der Waals surface area contributed by atoms with Crippen LogP contribution in [0.1, 0.15) is 24.8 Å². The van der Waals surface area contributed by atoms with Crippen LogP contribution in [0, 0.1) is 6.92 Å². The molecule has 5 heteroatoms. The maximum Gasteiger partial charge on any atom is 0.229 e. The van der Waals surface area contributed by atoms with Crippen molar-refractivity contribution in [3.05, 3.63) is 29.8 Å². The molecule has 0 aromatic heterocycles. The highest BCUT2D eigenvalue weighted by Crippen LogP contribution is 2.22. The van der Waals surface area contributed by atoms with E-state index in [2.05, 4.69) is 5.32 Å². The van der Waals surface area contributed by atoms with E-state index in [9.17, 15) is 9.59 Å². The van der Waals surface area contributed by atoms with Crippen LogP contribution >= 0.6 is 11.6 Å². The predicted molar refractivity (Wildman–Crippen MR) is 80.0 cm³/mol. The molecule has 1 aromatic carbocycles. The van der Waals surface area contributed by atoms with Crippen molar-refractivity contribution in [2.45, 2.75) is 32.2 Å². The lowest BCUT2D eigenvalue weighted by Gasteiger charge is -2.17. The molecule has 1 N–H and O–H groups in total. The number of anilines is 1. The Morgan fingerprint density at radius 1 is 1.40 bits per heavy atom. The number of halogens is 1. The highest BCUT2D eigenvalue weighted by molar-refractivity contribution is 6.17. The van der Waals surface area contributed by atoms with Crippen molar-refractivity contribution in [3.8, 4) is 0 Å². The lowest BCUT2D eigenvalue weighted by atomic mass is 10.2. The molecule has 0 radical (unpaired) electrons. The zero-order valence-electron chi connectivity index (χ0n) is 11.6. The van der Waals surface area contributed by atoms with Gasteiger partial charge in [-0.05, 0) is 25.5 Å². The number of amides is 2. The Balaban J connectivity index is 1.93. The van der Waals surface area contributed by atoms with E-state index in [1.807, 2.05) is 31.2 Å². The molecule has 1 heterocycles. The van der Waals surface area contributed by atoms with E-state index in [-0.39, 0.29) is 17.9 Å². The van der Waals surface area contributed by atoms with Crippen LogP contribution in [0.5, 0.6) is 0 Å². The summed E-state index contributed by atoms with van der Waals surface area (Å²) in [5, 5.41) is 2.90. The Labute approximate surface area is 124 Å². The SMILES string of the molecule is Cc1ccc(N2CC(NC(=O)CCCCl)CC2=O)cc1. The number of hydrogen-bond donors (Lipinski definition) is 1. The highest BCUT2D eigenvalue weighted by atomic mass is 35.5. The minimum Gasteiger partial charge on any atom is -0.351 e. The number of aryl methyl sites for hydroxylation is 1. The van der Waals surface area contributed by atoms with Crippen LogP contribution in [0.15, 0.2) is 24.3 Å². The normalized spacial score (nSPS) is 18.4. The van der Waals surface area contributed by atoms with Crippen LogP contribution < -0.4 is 10.2 Å². The molecular formula is C15H19ClN2O2. The number of alkyl halides is 1. The number of carbonyl (C=O) groups excluding carboxylic acids is 2. The van der Waals surface area contributed by atoms with Crippen LogP contribution in [0.2, 0.25) is 0 Å². The number of hydrogen-bond acceptors (Lipinski definition) is 2. The number of nitrogens with zero attached hydrogens (tertiary/aromatic N) is 1. The van der Waals surface area contributed by atoms with E-state index < -0.39 is 0 Å². The first-order valence-electron chi connectivity index (χ1n) is 6.82. The summed E-state index contributed by atoms with van der Waals surface area (Å²) in [7, 11) is 0. The van der Waals surface area contributed by atoms with Crippen molar-refractivity contribution < 1.29 is 9.59 Å². The van der Waals surface area contributed by atoms with E-state index >= 15 is 0 Å². The Kier molecular flexibility index (Phi) is 5.01. The summed E-state index contributed by atoms with van der Waals surface area (Å²) in [6.45, 7) is 2.55. The summed E-state index contributed by atoms with van der Waals surface area (Å²) < 4.78 is 0. The van der Waals surface area contributed by atoms with Crippen LogP contribution in [0.4, 0.5) is 5.69 Å². The Bertz CT molecular complexity index is 487. The van der Waals surface area contributed by atoms with Gasteiger partial charge in [0.25, 0.3) is 0 Å². The van der Waals surface area contributed by atoms with Crippen LogP contribution in [-0.2, 0) is 9.59 Å². The van der Waals surface area contributed by atoms with Crippen molar-refractivity contribution in [1.82, 2.24) is 5.32 Å². The van der Waals surface area contributed by atoms with E-state index in [0.717, 1.165) is 11.3 Å². The first kappa shape index (κ1) is 14.9. The summed E-state index contributed by atoms with van der Waals surface area (Å²) in [5.41, 5.74) is 2.05. The van der Waals surface area contributed by atoms with Gasteiger partial charge in [0.15, 0.2) is 0 Å². The fourth-order valence-corrected chi connectivity index (χ4v) is 2.44. The maximum absolute atomic E-state index is 12.0. The largest absolute Gasteiger partial charge is 0.351 e. The van der Waals surface area contributed by atoms with Gasteiger partial charge in [0, 0.05) is 31.0 Å². The third-order valence-corrected chi connectivity index (χ3v) is 3.64. The molecule has 1 aromatic rings. The van der Waals surface area contributed by atoms with E-state index in [0.29, 0.717) is 31.7 Å². The van der Waals surface area contributed by atoms with Gasteiger partial charge in [0.05, 0.1) is 6.04 Å². The molecule has 1 atom stereocenters. The third kappa shape index (κ3) is 3.73. The second-order valence-corrected chi connectivity index (χ2v) is 5.48. The fourth-order valence-electron chi connectivity index (χ4n) is 2.31. The van der Waals surface area contributed by atoms with Crippen LogP contribution in [0.3, 0.4) is 0 Å². The predicted octanol–water partition coefficient (Wildman–Crippen LogP) is 2.24. The summed E-state index contributed by atoms with van der Waals surface area (Å²) in [6, 6.07) is 7.73. The molecule has 0 spiro atoms. The Morgan fingerprint density at radius 2 is 2.10 bits per heavy atom. The molecule has 20 heavy (non-hydrogen) atoms. The molecule has 108 valence electrons. The number of benzene rings is 1. The number of nitrogens with one attached hydrogen (secondary N) is 1. The zero-order valence-corrected chi connectivity index (χ0v) is 12.3. The first-order chi connectivity index (χ1) is 9.60. The molecule has 0 bridgehead atoms. The van der Waals surface area contributed by atoms with E-state index in [4.69, 9.17) is 11.6 Å². The summed E-state index contributed by atoms with van der Waals surface area (Å²) in [6.07, 6.45) is 1.44. The van der Waals surface area contributed by atoms with Crippen molar-refractivity contribution in [2.75, 3.05) is 17.3 Å². The van der Waals surface area contributed by atoms with Gasteiger partial charge in [0.2, 0.25) is 11.8 Å². The standard InChI is InChI=1S/C15H19ClN2O2/c1-11-4-6-13(7-5-11)18-10-12(9-15(18)20)17-14(19)3-2-8-16/h4-7,12H,2-3,8-10H2,1H3,(H,17,19). The average Bonchev–Trinajstić information content (AvgIpc) is 2.78. The fraction of sp³-hybridized carbons (Fsp3) is 0.467. The lowest BCUT2D eigenvalue weighted by molar-refractivity contribution is -0.121. The second-order valence-electron chi connectivity index (χ2n) is 5.10. The van der Waals surface area contributed by atoms with Gasteiger partial charge in [0.1, 0.15) is 0 Å². The quantitative estimate of drug-likeness (QED) is 0.847. The molecule has 1 fully saturated rings. The molecular weight excluding hydrogens is 276 g/mol. The topological polar surface area (TPSA) is 49.4 Å². The monoisotopic (exact) mass is 294 g/mol. The molecule has 0 saturated carbocycles. The minimum absolute atomic E-state index is 0.0331. The highest BCUT2D eigenvalue weighted by Gasteiger charge is 2.31. The molecule has 1 unspecified atom stereocenters. The van der Waals surface area contributed by atoms with Crippen molar-refractivity contribution >= 4 is 29.1 Å². The molecule has 1 saturated heterocycles. The van der Waals surface area contributed by atoms with E-state index in [1.54, 1.807) is 4.90 Å². The number of carbonyl (C=O) groups is 2. The average molecular weight is 295 g/mol. The van der Waals surface area contributed by atoms with Gasteiger partial charge in [-0.15, -0.1) is 11.6 Å². The molecule has 4 nitrogen and oxygen atoms in total. The maximum atomic E-state index is 12.0. The van der Waals surface area contributed by atoms with Crippen molar-refractivity contribution in [2.24, 2.45) is 0 Å². The first-order valence-corrected chi connectivity index (χ1v) is 7.36. The molecule has 2 amide bonds. The van der Waals surface area contributed by atoms with Crippen LogP contribution in [0.25, 0.3) is 0 Å². The van der Waals surface area contributed by atoms with Crippen molar-refractivity contribution in [1.29, 1.82) is 0 Å². The molecule has 1 aliphatic rings. The summed E-state index contributed by atoms with van der Waals surface area (Å²) >= 11 is 5.56. The van der Waals surface area contributed by atoms with Gasteiger partial charge in [-0.1, -0.05) is 17.7 Å². The Hall–Kier alpha value is -1.55. The summed E-state index contributed by atoms with van der Waals surface area (Å²) in [5.74, 6) is 0.498. The Morgan fingerprint density at radius 3 is 2.75 bits per heavy atom. The smallest absolute Gasteiger partial charge is 0.229 e. The van der Waals surface area contributed by atoms with E-state index in [1.165, 1.54) is 0 Å². The zero-order chi connectivity index (χ0) is 14.5. The van der Waals surface area contributed by atoms with Gasteiger partial charge in [-0.25, -0.2) is 0 Å². The lowest BCUT2D eigenvalue weighted by Crippen LogP contribution is -2.37. The van der Waals surface area contributed by atoms with Gasteiger partial charge in [-0.3, -0.25) is 9.59 Å². The van der Waals surface area contributed by atoms with Crippen molar-refractivity contribution in [3.63, 3.8) is 0 Å². The molecule has 1 aliphatic heterocycles. The number of rotatable bonds is 5. The summed E-state index contributed by atoms with van der Waals surface area (Å²) in [4.78, 5) is 25.4. The van der Waals surface area contributed by atoms with Crippen LogP contribution in [-0.4, -0.2) is 30.3 Å². The van der Waals surface area contributed by atoms with Gasteiger partial charge in [-0.2, -0.15) is 0 Å². The van der Waals surface area contributed by atoms with Gasteiger partial charge >= 0.3 is 0 Å².